The molecule has 0 radical (unpaired) electrons. The van der Waals surface area contributed by atoms with Gasteiger partial charge < -0.3 is 5.32 Å². The summed E-state index contributed by atoms with van der Waals surface area (Å²) >= 11 is 6.13. The number of carbonyl (C=O) groups is 1. The number of carbonyl (C=O) groups excluding carboxylic acids is 1. The predicted molar refractivity (Wildman–Crippen MR) is 110 cm³/mol. The molecule has 28 heavy (non-hydrogen) atoms. The fraction of sp³-hybridized carbons (Fsp3) is 0.143. The van der Waals surface area contributed by atoms with Gasteiger partial charge in [-0.3, -0.25) is 4.79 Å². The second kappa shape index (κ2) is 7.05. The van der Waals surface area contributed by atoms with Gasteiger partial charge in [-0.15, -0.1) is 10.2 Å². The van der Waals surface area contributed by atoms with Gasteiger partial charge in [0.05, 0.1) is 17.0 Å². The summed E-state index contributed by atoms with van der Waals surface area (Å²) in [7, 11) is 0. The number of benzene rings is 2. The van der Waals surface area contributed by atoms with Crippen molar-refractivity contribution < 1.29 is 4.79 Å². The summed E-state index contributed by atoms with van der Waals surface area (Å²) in [6.07, 6.45) is 0. The fourth-order valence-corrected chi connectivity index (χ4v) is 3.32. The van der Waals surface area contributed by atoms with Crippen LogP contribution in [0.15, 0.2) is 48.5 Å². The highest BCUT2D eigenvalue weighted by atomic mass is 35.5. The Labute approximate surface area is 167 Å². The zero-order chi connectivity index (χ0) is 19.8. The number of nitrogens with zero attached hydrogens (tertiary/aromatic N) is 4. The predicted octanol–water partition coefficient (Wildman–Crippen LogP) is 4.62. The number of halogens is 1. The molecule has 0 saturated carbocycles. The Kier molecular flexibility index (Phi) is 4.57. The SMILES string of the molecule is Cc1ccc(NC(=O)c2nnc3c(-c4cccc(Cl)c4)c(C)nn3c2C)cc1. The third kappa shape index (κ3) is 3.23. The van der Waals surface area contributed by atoms with E-state index in [0.29, 0.717) is 22.1 Å². The lowest BCUT2D eigenvalue weighted by Crippen LogP contribution is -2.18. The standard InChI is InChI=1S/C21H18ClN5O/c1-12-7-9-17(10-8-12)23-21(28)19-14(3)27-20(25-24-19)18(13(2)26-27)15-5-4-6-16(22)11-15/h4-11H,1-3H3,(H,23,28). The van der Waals surface area contributed by atoms with Gasteiger partial charge in [0, 0.05) is 10.7 Å². The van der Waals surface area contributed by atoms with Crippen LogP contribution in [0.3, 0.4) is 0 Å². The third-order valence-corrected chi connectivity index (χ3v) is 4.81. The van der Waals surface area contributed by atoms with Crippen molar-refractivity contribution in [1.29, 1.82) is 0 Å². The molecule has 0 aliphatic heterocycles. The van der Waals surface area contributed by atoms with Crippen molar-refractivity contribution in [1.82, 2.24) is 19.8 Å². The first kappa shape index (κ1) is 18.1. The van der Waals surface area contributed by atoms with E-state index < -0.39 is 0 Å². The van der Waals surface area contributed by atoms with E-state index in [4.69, 9.17) is 11.6 Å². The van der Waals surface area contributed by atoms with Crippen LogP contribution in [0.4, 0.5) is 5.69 Å². The monoisotopic (exact) mass is 391 g/mol. The van der Waals surface area contributed by atoms with E-state index in [1.165, 1.54) is 0 Å². The molecule has 0 spiro atoms. The number of fused-ring (bicyclic) bond motifs is 1. The molecular weight excluding hydrogens is 374 g/mol. The van der Waals surface area contributed by atoms with Crippen molar-refractivity contribution in [3.63, 3.8) is 0 Å². The molecule has 0 aliphatic rings. The van der Waals surface area contributed by atoms with Gasteiger partial charge in [0.25, 0.3) is 5.91 Å². The zero-order valence-electron chi connectivity index (χ0n) is 15.7. The molecule has 0 aliphatic carbocycles. The Balaban J connectivity index is 1.75. The molecule has 4 aromatic rings. The average Bonchev–Trinajstić information content (AvgIpc) is 3.01. The topological polar surface area (TPSA) is 72.2 Å². The summed E-state index contributed by atoms with van der Waals surface area (Å²) in [4.78, 5) is 12.7. The Morgan fingerprint density at radius 2 is 1.79 bits per heavy atom. The summed E-state index contributed by atoms with van der Waals surface area (Å²) in [6.45, 7) is 5.70. The maximum Gasteiger partial charge on any atom is 0.278 e. The average molecular weight is 392 g/mol. The van der Waals surface area contributed by atoms with Crippen LogP contribution in [0.1, 0.15) is 27.4 Å². The molecule has 140 valence electrons. The number of hydrogen-bond donors (Lipinski definition) is 1. The molecule has 1 N–H and O–H groups in total. The van der Waals surface area contributed by atoms with E-state index in [9.17, 15) is 4.79 Å². The molecular formula is C21H18ClN5O. The van der Waals surface area contributed by atoms with E-state index in [1.54, 1.807) is 11.4 Å². The molecule has 0 atom stereocenters. The first-order chi connectivity index (χ1) is 13.4. The highest BCUT2D eigenvalue weighted by Gasteiger charge is 2.20. The number of aryl methyl sites for hydroxylation is 3. The van der Waals surface area contributed by atoms with Gasteiger partial charge in [-0.1, -0.05) is 41.4 Å². The molecule has 0 saturated heterocycles. The van der Waals surface area contributed by atoms with Gasteiger partial charge in [0.2, 0.25) is 0 Å². The third-order valence-electron chi connectivity index (χ3n) is 4.58. The maximum absolute atomic E-state index is 12.7. The molecule has 6 nitrogen and oxygen atoms in total. The maximum atomic E-state index is 12.7. The van der Waals surface area contributed by atoms with Gasteiger partial charge >= 0.3 is 0 Å². The molecule has 2 aromatic carbocycles. The van der Waals surface area contributed by atoms with Crippen molar-refractivity contribution in [3.05, 3.63) is 76.2 Å². The van der Waals surface area contributed by atoms with Crippen LogP contribution in [-0.4, -0.2) is 25.7 Å². The summed E-state index contributed by atoms with van der Waals surface area (Å²) in [5, 5.41) is 16.5. The molecule has 7 heteroatoms. The normalized spacial score (nSPS) is 11.0. The number of anilines is 1. The van der Waals surface area contributed by atoms with Crippen molar-refractivity contribution in [2.75, 3.05) is 5.32 Å². The molecule has 0 fully saturated rings. The second-order valence-electron chi connectivity index (χ2n) is 6.66. The summed E-state index contributed by atoms with van der Waals surface area (Å²) in [6, 6.07) is 15.1. The first-order valence-electron chi connectivity index (χ1n) is 8.80. The second-order valence-corrected chi connectivity index (χ2v) is 7.10. The highest BCUT2D eigenvalue weighted by Crippen LogP contribution is 2.29. The van der Waals surface area contributed by atoms with E-state index in [2.05, 4.69) is 20.6 Å². The number of nitrogens with one attached hydrogen (secondary N) is 1. The first-order valence-corrected chi connectivity index (χ1v) is 9.18. The lowest BCUT2D eigenvalue weighted by molar-refractivity contribution is 0.102. The number of rotatable bonds is 3. The molecule has 4 rings (SSSR count). The minimum absolute atomic E-state index is 0.230. The van der Waals surface area contributed by atoms with Gasteiger partial charge in [0.1, 0.15) is 0 Å². The molecule has 0 bridgehead atoms. The van der Waals surface area contributed by atoms with Crippen LogP contribution in [0, 0.1) is 20.8 Å². The molecule has 0 unspecified atom stereocenters. The van der Waals surface area contributed by atoms with Crippen LogP contribution in [-0.2, 0) is 0 Å². The Hall–Kier alpha value is -3.25. The van der Waals surface area contributed by atoms with Gasteiger partial charge in [-0.2, -0.15) is 5.10 Å². The van der Waals surface area contributed by atoms with E-state index in [0.717, 1.165) is 22.4 Å². The van der Waals surface area contributed by atoms with Crippen molar-refractivity contribution in [3.8, 4) is 11.1 Å². The zero-order valence-corrected chi connectivity index (χ0v) is 16.4. The minimum atomic E-state index is -0.326. The van der Waals surface area contributed by atoms with Gasteiger partial charge in [0.15, 0.2) is 11.3 Å². The minimum Gasteiger partial charge on any atom is -0.321 e. The lowest BCUT2D eigenvalue weighted by Gasteiger charge is -2.08. The van der Waals surface area contributed by atoms with Crippen LogP contribution in [0.5, 0.6) is 0 Å². The Bertz CT molecular complexity index is 1200. The van der Waals surface area contributed by atoms with Gasteiger partial charge in [-0.25, -0.2) is 4.52 Å². The molecule has 2 heterocycles. The summed E-state index contributed by atoms with van der Waals surface area (Å²) in [5.41, 5.74) is 5.80. The summed E-state index contributed by atoms with van der Waals surface area (Å²) in [5.74, 6) is -0.326. The highest BCUT2D eigenvalue weighted by molar-refractivity contribution is 6.30. The lowest BCUT2D eigenvalue weighted by atomic mass is 10.1. The molecule has 2 aromatic heterocycles. The fourth-order valence-electron chi connectivity index (χ4n) is 3.13. The van der Waals surface area contributed by atoms with Crippen molar-refractivity contribution >= 4 is 28.8 Å². The van der Waals surface area contributed by atoms with E-state index in [-0.39, 0.29) is 11.6 Å². The largest absolute Gasteiger partial charge is 0.321 e. The Morgan fingerprint density at radius 3 is 2.50 bits per heavy atom. The smallest absolute Gasteiger partial charge is 0.278 e. The number of aromatic nitrogens is 4. The Morgan fingerprint density at radius 1 is 1.04 bits per heavy atom. The van der Waals surface area contributed by atoms with E-state index in [1.807, 2.05) is 62.4 Å². The van der Waals surface area contributed by atoms with Crippen molar-refractivity contribution in [2.45, 2.75) is 20.8 Å². The van der Waals surface area contributed by atoms with Crippen LogP contribution >= 0.6 is 11.6 Å². The molecule has 1 amide bonds. The van der Waals surface area contributed by atoms with Crippen LogP contribution in [0.25, 0.3) is 16.8 Å². The van der Waals surface area contributed by atoms with Crippen LogP contribution in [0.2, 0.25) is 5.02 Å². The van der Waals surface area contributed by atoms with Crippen LogP contribution < -0.4 is 5.32 Å². The van der Waals surface area contributed by atoms with E-state index >= 15 is 0 Å². The van der Waals surface area contributed by atoms with Crippen molar-refractivity contribution in [2.24, 2.45) is 0 Å². The number of hydrogen-bond acceptors (Lipinski definition) is 4. The quantitative estimate of drug-likeness (QED) is 0.553. The number of amides is 1. The summed E-state index contributed by atoms with van der Waals surface area (Å²) < 4.78 is 1.66. The van der Waals surface area contributed by atoms with Gasteiger partial charge in [-0.05, 0) is 50.6 Å².